The minimum Gasteiger partial charge on any atom is -0.383 e. The van der Waals surface area contributed by atoms with Crippen LogP contribution < -0.4 is 4.90 Å². The molecule has 1 atom stereocenters. The van der Waals surface area contributed by atoms with Crippen molar-refractivity contribution in [3.05, 3.63) is 29.3 Å². The van der Waals surface area contributed by atoms with Gasteiger partial charge in [0.05, 0.1) is 6.61 Å². The predicted molar refractivity (Wildman–Crippen MR) is 70.5 cm³/mol. The van der Waals surface area contributed by atoms with Crippen molar-refractivity contribution in [3.8, 4) is 0 Å². The molecule has 0 fully saturated rings. The third kappa shape index (κ3) is 3.13. The number of benzene rings is 1. The molecule has 0 spiro atoms. The lowest BCUT2D eigenvalue weighted by Crippen LogP contribution is -2.33. The van der Waals surface area contributed by atoms with Crippen molar-refractivity contribution in [2.45, 2.75) is 25.8 Å². The van der Waals surface area contributed by atoms with Crippen molar-refractivity contribution in [1.82, 2.24) is 0 Å². The van der Waals surface area contributed by atoms with Crippen molar-refractivity contribution >= 4 is 17.3 Å². The van der Waals surface area contributed by atoms with E-state index in [9.17, 15) is 0 Å². The van der Waals surface area contributed by atoms with E-state index in [1.54, 1.807) is 7.11 Å². The lowest BCUT2D eigenvalue weighted by atomic mass is 10.1. The minimum atomic E-state index is 0.342. The molecule has 16 heavy (non-hydrogen) atoms. The highest BCUT2D eigenvalue weighted by molar-refractivity contribution is 6.17. The summed E-state index contributed by atoms with van der Waals surface area (Å²) in [5.41, 5.74) is 3.60. The Morgan fingerprint density at radius 2 is 2.12 bits per heavy atom. The first-order chi connectivity index (χ1) is 7.60. The van der Waals surface area contributed by atoms with Gasteiger partial charge in [0, 0.05) is 31.8 Å². The van der Waals surface area contributed by atoms with Crippen LogP contribution in [0.1, 0.15) is 18.1 Å². The topological polar surface area (TPSA) is 12.5 Å². The maximum absolute atomic E-state index is 5.97. The quantitative estimate of drug-likeness (QED) is 0.734. The first-order valence-corrected chi connectivity index (χ1v) is 6.00. The lowest BCUT2D eigenvalue weighted by molar-refractivity contribution is 0.183. The van der Waals surface area contributed by atoms with E-state index in [1.807, 2.05) is 0 Å². The molecule has 1 rings (SSSR count). The van der Waals surface area contributed by atoms with Gasteiger partial charge in [-0.05, 0) is 25.5 Å². The molecule has 0 saturated heterocycles. The summed E-state index contributed by atoms with van der Waals surface area (Å²) < 4.78 is 5.17. The number of halogens is 1. The number of anilines is 1. The Morgan fingerprint density at radius 1 is 1.44 bits per heavy atom. The first kappa shape index (κ1) is 13.3. The van der Waals surface area contributed by atoms with Gasteiger partial charge in [0.15, 0.2) is 0 Å². The summed E-state index contributed by atoms with van der Waals surface area (Å²) in [6.07, 6.45) is 0. The zero-order valence-electron chi connectivity index (χ0n) is 10.5. The summed E-state index contributed by atoms with van der Waals surface area (Å²) in [7, 11) is 3.80. The highest BCUT2D eigenvalue weighted by atomic mass is 35.5. The number of ether oxygens (including phenoxy) is 1. The highest BCUT2D eigenvalue weighted by Crippen LogP contribution is 2.24. The number of alkyl halides is 1. The van der Waals surface area contributed by atoms with E-state index < -0.39 is 0 Å². The van der Waals surface area contributed by atoms with Gasteiger partial charge in [-0.3, -0.25) is 0 Å². The fourth-order valence-corrected chi connectivity index (χ4v) is 1.97. The van der Waals surface area contributed by atoms with Crippen molar-refractivity contribution in [3.63, 3.8) is 0 Å². The van der Waals surface area contributed by atoms with Crippen LogP contribution in [-0.4, -0.2) is 26.8 Å². The van der Waals surface area contributed by atoms with Crippen LogP contribution in [0.5, 0.6) is 0 Å². The van der Waals surface area contributed by atoms with Crippen LogP contribution >= 0.6 is 11.6 Å². The van der Waals surface area contributed by atoms with Crippen LogP contribution in [0.2, 0.25) is 0 Å². The van der Waals surface area contributed by atoms with Gasteiger partial charge < -0.3 is 9.64 Å². The number of nitrogens with zero attached hydrogens (tertiary/aromatic N) is 1. The van der Waals surface area contributed by atoms with Crippen LogP contribution in [0, 0.1) is 6.92 Å². The molecule has 0 saturated carbocycles. The zero-order chi connectivity index (χ0) is 12.1. The van der Waals surface area contributed by atoms with Gasteiger partial charge in [-0.2, -0.15) is 0 Å². The third-order valence-electron chi connectivity index (χ3n) is 2.83. The lowest BCUT2D eigenvalue weighted by Gasteiger charge is -2.28. The Kier molecular flexibility index (Phi) is 5.10. The smallest absolute Gasteiger partial charge is 0.0663 e. The van der Waals surface area contributed by atoms with Crippen molar-refractivity contribution in [2.75, 3.05) is 25.7 Å². The zero-order valence-corrected chi connectivity index (χ0v) is 11.2. The fourth-order valence-electron chi connectivity index (χ4n) is 1.76. The molecule has 0 aliphatic carbocycles. The molecule has 0 radical (unpaired) electrons. The van der Waals surface area contributed by atoms with Gasteiger partial charge in [0.2, 0.25) is 0 Å². The molecule has 0 bridgehead atoms. The van der Waals surface area contributed by atoms with E-state index in [4.69, 9.17) is 16.3 Å². The van der Waals surface area contributed by atoms with Crippen LogP contribution in [0.4, 0.5) is 5.69 Å². The molecule has 0 N–H and O–H groups in total. The predicted octanol–water partition coefficient (Wildman–Crippen LogP) is 3.20. The second-order valence-corrected chi connectivity index (χ2v) is 4.45. The average molecular weight is 242 g/mol. The van der Waals surface area contributed by atoms with Gasteiger partial charge in [0.25, 0.3) is 0 Å². The second-order valence-electron chi connectivity index (χ2n) is 4.18. The molecule has 0 heterocycles. The van der Waals surface area contributed by atoms with Gasteiger partial charge in [-0.25, -0.2) is 0 Å². The van der Waals surface area contributed by atoms with Crippen molar-refractivity contribution in [2.24, 2.45) is 0 Å². The van der Waals surface area contributed by atoms with Gasteiger partial charge >= 0.3 is 0 Å². The largest absolute Gasteiger partial charge is 0.383 e. The fraction of sp³-hybridized carbons (Fsp3) is 0.538. The molecular formula is C13H20ClNO. The number of hydrogen-bond acceptors (Lipinski definition) is 2. The van der Waals surface area contributed by atoms with Crippen LogP contribution in [0.15, 0.2) is 18.2 Å². The summed E-state index contributed by atoms with van der Waals surface area (Å²) in [6.45, 7) is 4.94. The van der Waals surface area contributed by atoms with Crippen LogP contribution in [-0.2, 0) is 10.6 Å². The first-order valence-electron chi connectivity index (χ1n) is 5.47. The number of methoxy groups -OCH3 is 1. The van der Waals surface area contributed by atoms with E-state index in [-0.39, 0.29) is 0 Å². The Balaban J connectivity index is 2.93. The standard InChI is InChI=1S/C13H20ClNO/c1-10-5-6-13(12(7-10)8-14)15(3)11(2)9-16-4/h5-7,11H,8-9H2,1-4H3. The summed E-state index contributed by atoms with van der Waals surface area (Å²) in [5, 5.41) is 0. The Labute approximate surface area is 103 Å². The van der Waals surface area contributed by atoms with E-state index in [0.717, 1.165) is 0 Å². The third-order valence-corrected chi connectivity index (χ3v) is 3.12. The molecule has 1 unspecified atom stereocenters. The maximum Gasteiger partial charge on any atom is 0.0663 e. The van der Waals surface area contributed by atoms with Crippen LogP contribution in [0.3, 0.4) is 0 Å². The minimum absolute atomic E-state index is 0.342. The number of hydrogen-bond donors (Lipinski definition) is 0. The molecule has 2 nitrogen and oxygen atoms in total. The molecule has 0 aliphatic heterocycles. The van der Waals surface area contributed by atoms with E-state index in [0.29, 0.717) is 18.5 Å². The SMILES string of the molecule is COCC(C)N(C)c1ccc(C)cc1CCl. The Hall–Kier alpha value is -0.730. The van der Waals surface area contributed by atoms with Gasteiger partial charge in [0.1, 0.15) is 0 Å². The molecule has 1 aromatic rings. The highest BCUT2D eigenvalue weighted by Gasteiger charge is 2.12. The van der Waals surface area contributed by atoms with Crippen molar-refractivity contribution in [1.29, 1.82) is 0 Å². The van der Waals surface area contributed by atoms with E-state index in [2.05, 4.69) is 44.0 Å². The Morgan fingerprint density at radius 3 is 2.69 bits per heavy atom. The summed E-state index contributed by atoms with van der Waals surface area (Å²) >= 11 is 5.97. The van der Waals surface area contributed by atoms with Gasteiger partial charge in [-0.15, -0.1) is 11.6 Å². The molecule has 0 aromatic heterocycles. The van der Waals surface area contributed by atoms with Crippen molar-refractivity contribution < 1.29 is 4.74 Å². The van der Waals surface area contributed by atoms with E-state index in [1.165, 1.54) is 16.8 Å². The maximum atomic E-state index is 5.97. The number of likely N-dealkylation sites (N-methyl/N-ethyl adjacent to an activating group) is 1. The summed E-state index contributed by atoms with van der Waals surface area (Å²) in [6, 6.07) is 6.72. The number of aryl methyl sites for hydroxylation is 1. The summed E-state index contributed by atoms with van der Waals surface area (Å²) in [5.74, 6) is 0.543. The number of rotatable bonds is 5. The molecule has 90 valence electrons. The van der Waals surface area contributed by atoms with E-state index >= 15 is 0 Å². The Bertz CT molecular complexity index is 341. The van der Waals surface area contributed by atoms with Gasteiger partial charge in [-0.1, -0.05) is 17.7 Å². The molecular weight excluding hydrogens is 222 g/mol. The second kappa shape index (κ2) is 6.12. The summed E-state index contributed by atoms with van der Waals surface area (Å²) in [4.78, 5) is 2.21. The van der Waals surface area contributed by atoms with Crippen LogP contribution in [0.25, 0.3) is 0 Å². The normalized spacial score (nSPS) is 12.6. The molecule has 3 heteroatoms. The average Bonchev–Trinajstić information content (AvgIpc) is 2.28. The monoisotopic (exact) mass is 241 g/mol. The molecule has 0 amide bonds. The molecule has 0 aliphatic rings. The molecule has 1 aromatic carbocycles.